The monoisotopic (exact) mass is 269 g/mol. The predicted octanol–water partition coefficient (Wildman–Crippen LogP) is 1.42. The number of carbonyl (C=O) groups is 1. The molecule has 0 saturated heterocycles. The number of anilines is 1. The molecule has 0 aliphatic carbocycles. The van der Waals surface area contributed by atoms with E-state index in [1.54, 1.807) is 0 Å². The van der Waals surface area contributed by atoms with Crippen molar-refractivity contribution in [1.29, 1.82) is 0 Å². The lowest BCUT2D eigenvalue weighted by Crippen LogP contribution is -2.19. The highest BCUT2D eigenvalue weighted by molar-refractivity contribution is 5.77. The van der Waals surface area contributed by atoms with Gasteiger partial charge in [-0.3, -0.25) is 0 Å². The standard InChI is InChI=1S/C9H7F4NO4/c10-5-4(18-9(11,12)13)2-1-3(6(5)14)7(15)8(16)17/h1-2,7,15H,14H2,(H,16,17). The molecule has 1 rings (SSSR count). The van der Waals surface area contributed by atoms with E-state index in [9.17, 15) is 22.4 Å². The Bertz CT molecular complexity index is 474. The molecule has 0 saturated carbocycles. The summed E-state index contributed by atoms with van der Waals surface area (Å²) in [4.78, 5) is 10.4. The van der Waals surface area contributed by atoms with Crippen LogP contribution in [0.3, 0.4) is 0 Å². The molecule has 100 valence electrons. The van der Waals surface area contributed by atoms with Crippen molar-refractivity contribution >= 4 is 11.7 Å². The summed E-state index contributed by atoms with van der Waals surface area (Å²) in [5.74, 6) is -4.52. The Hall–Kier alpha value is -2.03. The first-order valence-corrected chi connectivity index (χ1v) is 4.38. The Kier molecular flexibility index (Phi) is 3.65. The molecule has 1 aromatic rings. The van der Waals surface area contributed by atoms with Gasteiger partial charge in [-0.2, -0.15) is 0 Å². The normalized spacial score (nSPS) is 13.2. The van der Waals surface area contributed by atoms with Gasteiger partial charge < -0.3 is 20.7 Å². The number of aliphatic hydroxyl groups is 1. The molecule has 0 amide bonds. The minimum absolute atomic E-state index is 0.528. The second kappa shape index (κ2) is 4.69. The van der Waals surface area contributed by atoms with Gasteiger partial charge in [-0.1, -0.05) is 0 Å². The van der Waals surface area contributed by atoms with E-state index in [4.69, 9.17) is 15.9 Å². The molecule has 1 unspecified atom stereocenters. The van der Waals surface area contributed by atoms with Crippen LogP contribution in [0.25, 0.3) is 0 Å². The smallest absolute Gasteiger partial charge is 0.479 e. The van der Waals surface area contributed by atoms with Gasteiger partial charge in [0.05, 0.1) is 5.69 Å². The van der Waals surface area contributed by atoms with Crippen LogP contribution in [-0.2, 0) is 4.79 Å². The Labute approximate surface area is 97.4 Å². The molecule has 0 heterocycles. The molecule has 0 fully saturated rings. The van der Waals surface area contributed by atoms with Gasteiger partial charge in [-0.15, -0.1) is 13.2 Å². The Morgan fingerprint density at radius 1 is 1.39 bits per heavy atom. The lowest BCUT2D eigenvalue weighted by atomic mass is 10.1. The molecule has 1 aromatic carbocycles. The zero-order chi connectivity index (χ0) is 14.1. The average molecular weight is 269 g/mol. The van der Waals surface area contributed by atoms with Crippen molar-refractivity contribution < 1.29 is 37.3 Å². The third-order valence-corrected chi connectivity index (χ3v) is 1.93. The van der Waals surface area contributed by atoms with Gasteiger partial charge in [0.15, 0.2) is 17.7 Å². The summed E-state index contributed by atoms with van der Waals surface area (Å²) in [6.45, 7) is 0. The quantitative estimate of drug-likeness (QED) is 0.570. The van der Waals surface area contributed by atoms with Crippen LogP contribution in [0.15, 0.2) is 12.1 Å². The van der Waals surface area contributed by atoms with Crippen molar-refractivity contribution in [3.05, 3.63) is 23.5 Å². The summed E-state index contributed by atoms with van der Waals surface area (Å²) in [5.41, 5.74) is 3.61. The number of benzene rings is 1. The van der Waals surface area contributed by atoms with E-state index in [1.165, 1.54) is 0 Å². The van der Waals surface area contributed by atoms with Gasteiger partial charge >= 0.3 is 12.3 Å². The molecule has 0 aromatic heterocycles. The minimum Gasteiger partial charge on any atom is -0.479 e. The van der Waals surface area contributed by atoms with Crippen LogP contribution in [-0.4, -0.2) is 22.5 Å². The molecule has 0 radical (unpaired) electrons. The number of nitrogens with two attached hydrogens (primary N) is 1. The molecule has 1 atom stereocenters. The van der Waals surface area contributed by atoms with Crippen LogP contribution < -0.4 is 10.5 Å². The fourth-order valence-corrected chi connectivity index (χ4v) is 1.16. The maximum absolute atomic E-state index is 13.4. The SMILES string of the molecule is Nc1c(C(O)C(=O)O)ccc(OC(F)(F)F)c1F. The summed E-state index contributed by atoms with van der Waals surface area (Å²) < 4.78 is 52.3. The van der Waals surface area contributed by atoms with Crippen molar-refractivity contribution in [3.8, 4) is 5.75 Å². The number of hydrogen-bond donors (Lipinski definition) is 3. The largest absolute Gasteiger partial charge is 0.573 e. The van der Waals surface area contributed by atoms with Gasteiger partial charge in [-0.25, -0.2) is 9.18 Å². The van der Waals surface area contributed by atoms with Crippen LogP contribution >= 0.6 is 0 Å². The first-order chi connectivity index (χ1) is 8.13. The van der Waals surface area contributed by atoms with Gasteiger partial charge in [0, 0.05) is 5.56 Å². The predicted molar refractivity (Wildman–Crippen MR) is 50.1 cm³/mol. The van der Waals surface area contributed by atoms with Crippen LogP contribution in [0.2, 0.25) is 0 Å². The highest BCUT2D eigenvalue weighted by Gasteiger charge is 2.33. The van der Waals surface area contributed by atoms with Crippen molar-refractivity contribution in [3.63, 3.8) is 0 Å². The number of carboxylic acids is 1. The molecule has 18 heavy (non-hydrogen) atoms. The molecule has 5 nitrogen and oxygen atoms in total. The number of nitrogen functional groups attached to an aromatic ring is 1. The van der Waals surface area contributed by atoms with Crippen LogP contribution in [0.4, 0.5) is 23.2 Å². The summed E-state index contributed by atoms with van der Waals surface area (Å²) >= 11 is 0. The third kappa shape index (κ3) is 3.00. The zero-order valence-electron chi connectivity index (χ0n) is 8.53. The van der Waals surface area contributed by atoms with E-state index in [2.05, 4.69) is 4.74 Å². The van der Waals surface area contributed by atoms with Crippen molar-refractivity contribution in [2.45, 2.75) is 12.5 Å². The highest BCUT2D eigenvalue weighted by Crippen LogP contribution is 2.33. The number of hydrogen-bond acceptors (Lipinski definition) is 4. The molecule has 9 heteroatoms. The first-order valence-electron chi connectivity index (χ1n) is 4.38. The summed E-state index contributed by atoms with van der Waals surface area (Å²) in [7, 11) is 0. The van der Waals surface area contributed by atoms with E-state index >= 15 is 0 Å². The highest BCUT2D eigenvalue weighted by atomic mass is 19.4. The molecular weight excluding hydrogens is 262 g/mol. The van der Waals surface area contributed by atoms with Crippen molar-refractivity contribution in [1.82, 2.24) is 0 Å². The van der Waals surface area contributed by atoms with Gasteiger partial charge in [0.1, 0.15) is 0 Å². The van der Waals surface area contributed by atoms with E-state index < -0.39 is 41.3 Å². The topological polar surface area (TPSA) is 92.8 Å². The van der Waals surface area contributed by atoms with Crippen LogP contribution in [0, 0.1) is 5.82 Å². The molecule has 0 aliphatic heterocycles. The molecule has 0 spiro atoms. The second-order valence-corrected chi connectivity index (χ2v) is 3.17. The van der Waals surface area contributed by atoms with Gasteiger partial charge in [0.2, 0.25) is 0 Å². The second-order valence-electron chi connectivity index (χ2n) is 3.17. The number of alkyl halides is 3. The fourth-order valence-electron chi connectivity index (χ4n) is 1.16. The first kappa shape index (κ1) is 14.0. The van der Waals surface area contributed by atoms with E-state index in [0.717, 1.165) is 6.07 Å². The third-order valence-electron chi connectivity index (χ3n) is 1.93. The van der Waals surface area contributed by atoms with Crippen molar-refractivity contribution in [2.24, 2.45) is 0 Å². The summed E-state index contributed by atoms with van der Waals surface area (Å²) in [6, 6.07) is 1.26. The number of aliphatic carboxylic acids is 1. The lowest BCUT2D eigenvalue weighted by molar-refractivity contribution is -0.275. The van der Waals surface area contributed by atoms with Crippen LogP contribution in [0.5, 0.6) is 5.75 Å². The number of halogens is 4. The van der Waals surface area contributed by atoms with Gasteiger partial charge in [-0.05, 0) is 12.1 Å². The molecule has 0 bridgehead atoms. The Morgan fingerprint density at radius 2 is 1.94 bits per heavy atom. The zero-order valence-corrected chi connectivity index (χ0v) is 8.53. The fraction of sp³-hybridized carbons (Fsp3) is 0.222. The summed E-state index contributed by atoms with van der Waals surface area (Å²) in [5, 5.41) is 17.6. The molecular formula is C9H7F4NO4. The maximum Gasteiger partial charge on any atom is 0.573 e. The van der Waals surface area contributed by atoms with Crippen LogP contribution in [0.1, 0.15) is 11.7 Å². The van der Waals surface area contributed by atoms with E-state index in [1.807, 2.05) is 0 Å². The average Bonchev–Trinajstić information content (AvgIpc) is 2.22. The summed E-state index contributed by atoms with van der Waals surface area (Å²) in [6.07, 6.45) is -7.25. The number of rotatable bonds is 3. The maximum atomic E-state index is 13.4. The van der Waals surface area contributed by atoms with Gasteiger partial charge in [0.25, 0.3) is 0 Å². The number of aliphatic hydroxyl groups excluding tert-OH is 1. The van der Waals surface area contributed by atoms with E-state index in [-0.39, 0.29) is 0 Å². The molecule has 4 N–H and O–H groups in total. The minimum atomic E-state index is -5.11. The Balaban J connectivity index is 3.17. The Morgan fingerprint density at radius 3 is 2.39 bits per heavy atom. The number of carboxylic acid groups (broad SMARTS) is 1. The molecule has 0 aliphatic rings. The number of ether oxygens (including phenoxy) is 1. The lowest BCUT2D eigenvalue weighted by Gasteiger charge is -2.14. The van der Waals surface area contributed by atoms with E-state index in [0.29, 0.717) is 6.07 Å². The van der Waals surface area contributed by atoms with Crippen molar-refractivity contribution in [2.75, 3.05) is 5.73 Å².